The van der Waals surface area contributed by atoms with Gasteiger partial charge >= 0.3 is 5.97 Å². The molecule has 2 N–H and O–H groups in total. The predicted octanol–water partition coefficient (Wildman–Crippen LogP) is 3.96. The van der Waals surface area contributed by atoms with E-state index >= 15 is 0 Å². The summed E-state index contributed by atoms with van der Waals surface area (Å²) in [5.41, 5.74) is 2.53. The molecule has 0 aliphatic heterocycles. The Balaban J connectivity index is 1.72. The van der Waals surface area contributed by atoms with E-state index in [-0.39, 0.29) is 5.92 Å². The van der Waals surface area contributed by atoms with E-state index in [1.54, 1.807) is 24.3 Å². The van der Waals surface area contributed by atoms with Crippen LogP contribution in [0.3, 0.4) is 0 Å². The van der Waals surface area contributed by atoms with Gasteiger partial charge in [0.1, 0.15) is 17.5 Å². The van der Waals surface area contributed by atoms with Crippen LogP contribution in [-0.4, -0.2) is 33.0 Å². The quantitative estimate of drug-likeness (QED) is 0.630. The van der Waals surface area contributed by atoms with Crippen LogP contribution in [0.25, 0.3) is 11.0 Å². The number of aliphatic carboxylic acids is 1. The molecule has 29 heavy (non-hydrogen) atoms. The number of ether oxygens (including phenoxy) is 1. The Labute approximate surface area is 168 Å². The van der Waals surface area contributed by atoms with E-state index < -0.39 is 17.9 Å². The third-order valence-electron chi connectivity index (χ3n) is 4.34. The van der Waals surface area contributed by atoms with E-state index in [1.807, 2.05) is 45.0 Å². The molecule has 3 rings (SSSR count). The van der Waals surface area contributed by atoms with Gasteiger partial charge in [-0.05, 0) is 55.7 Å². The molecule has 7 nitrogen and oxygen atoms in total. The highest BCUT2D eigenvalue weighted by Crippen LogP contribution is 2.24. The lowest BCUT2D eigenvalue weighted by molar-refractivity contribution is -0.139. The van der Waals surface area contributed by atoms with Gasteiger partial charge in [-0.25, -0.2) is 14.8 Å². The van der Waals surface area contributed by atoms with Gasteiger partial charge in [-0.1, -0.05) is 26.0 Å². The Bertz CT molecular complexity index is 1030. The highest BCUT2D eigenvalue weighted by molar-refractivity contribution is 5.96. The second-order valence-corrected chi connectivity index (χ2v) is 7.22. The largest absolute Gasteiger partial charge is 0.480 e. The van der Waals surface area contributed by atoms with Crippen molar-refractivity contribution in [3.05, 3.63) is 59.8 Å². The summed E-state index contributed by atoms with van der Waals surface area (Å²) < 4.78 is 5.82. The van der Waals surface area contributed by atoms with Crippen LogP contribution in [0.5, 0.6) is 11.6 Å². The van der Waals surface area contributed by atoms with Crippen molar-refractivity contribution >= 4 is 22.9 Å². The number of fused-ring (bicyclic) bond motifs is 1. The van der Waals surface area contributed by atoms with Gasteiger partial charge in [0.15, 0.2) is 0 Å². The maximum absolute atomic E-state index is 12.4. The van der Waals surface area contributed by atoms with Crippen LogP contribution in [-0.2, 0) is 4.79 Å². The predicted molar refractivity (Wildman–Crippen MR) is 109 cm³/mol. The first-order chi connectivity index (χ1) is 13.8. The lowest BCUT2D eigenvalue weighted by Gasteiger charge is -2.16. The second-order valence-electron chi connectivity index (χ2n) is 7.22. The molecule has 7 heteroatoms. The van der Waals surface area contributed by atoms with E-state index in [0.29, 0.717) is 29.3 Å². The maximum Gasteiger partial charge on any atom is 0.326 e. The number of carbonyl (C=O) groups is 2. The van der Waals surface area contributed by atoms with Gasteiger partial charge in [0.2, 0.25) is 5.88 Å². The standard InChI is InChI=1S/C22H23N3O4/c1-13(2)12-19(22(27)28)24-20(26)15-8-10-16(11-9-15)29-21-14(3)23-17-6-4-5-7-18(17)25-21/h4-11,13,19H,12H2,1-3H3,(H,24,26)(H,27,28)/t19-/m0/s1. The molecule has 0 bridgehead atoms. The fraction of sp³-hybridized carbons (Fsp3) is 0.273. The number of nitrogens with one attached hydrogen (secondary N) is 1. The van der Waals surface area contributed by atoms with Crippen molar-refractivity contribution in [2.45, 2.75) is 33.2 Å². The second kappa shape index (κ2) is 8.68. The van der Waals surface area contributed by atoms with E-state index in [2.05, 4.69) is 15.3 Å². The van der Waals surface area contributed by atoms with Crippen LogP contribution in [0.2, 0.25) is 0 Å². The molecule has 0 spiro atoms. The first-order valence-electron chi connectivity index (χ1n) is 9.38. The number of hydrogen-bond acceptors (Lipinski definition) is 5. The average Bonchev–Trinajstić information content (AvgIpc) is 2.68. The molecule has 0 saturated carbocycles. The molecule has 3 aromatic rings. The number of carbonyl (C=O) groups excluding carboxylic acids is 1. The van der Waals surface area contributed by atoms with Crippen molar-refractivity contribution in [1.82, 2.24) is 15.3 Å². The highest BCUT2D eigenvalue weighted by Gasteiger charge is 2.21. The fourth-order valence-electron chi connectivity index (χ4n) is 2.89. The number of aromatic nitrogens is 2. The minimum atomic E-state index is -1.04. The SMILES string of the molecule is Cc1nc2ccccc2nc1Oc1ccc(C(=O)N[C@@H](CC(C)C)C(=O)O)cc1. The van der Waals surface area contributed by atoms with Gasteiger partial charge in [0, 0.05) is 5.56 Å². The number of para-hydroxylation sites is 2. The lowest BCUT2D eigenvalue weighted by Crippen LogP contribution is -2.41. The molecule has 1 amide bonds. The number of nitrogens with zero attached hydrogens (tertiary/aromatic N) is 2. The summed E-state index contributed by atoms with van der Waals surface area (Å²) >= 11 is 0. The van der Waals surface area contributed by atoms with Crippen molar-refractivity contribution in [3.8, 4) is 11.6 Å². The first-order valence-corrected chi connectivity index (χ1v) is 9.38. The number of rotatable bonds is 7. The molecule has 0 radical (unpaired) electrons. The van der Waals surface area contributed by atoms with Gasteiger partial charge in [-0.15, -0.1) is 0 Å². The minimum absolute atomic E-state index is 0.151. The summed E-state index contributed by atoms with van der Waals surface area (Å²) in [6.07, 6.45) is 0.363. The van der Waals surface area contributed by atoms with Crippen LogP contribution in [0.1, 0.15) is 36.3 Å². The highest BCUT2D eigenvalue weighted by atomic mass is 16.5. The van der Waals surface area contributed by atoms with Crippen LogP contribution < -0.4 is 10.1 Å². The zero-order chi connectivity index (χ0) is 21.0. The van der Waals surface area contributed by atoms with E-state index in [1.165, 1.54) is 0 Å². The van der Waals surface area contributed by atoms with E-state index in [0.717, 1.165) is 11.0 Å². The summed E-state index contributed by atoms with van der Waals surface area (Å²) in [6, 6.07) is 13.1. The maximum atomic E-state index is 12.4. The molecule has 150 valence electrons. The fourth-order valence-corrected chi connectivity index (χ4v) is 2.89. The minimum Gasteiger partial charge on any atom is -0.480 e. The van der Waals surface area contributed by atoms with Crippen LogP contribution in [0.4, 0.5) is 0 Å². The van der Waals surface area contributed by atoms with Crippen molar-refractivity contribution < 1.29 is 19.4 Å². The third kappa shape index (κ3) is 5.07. The molecular formula is C22H23N3O4. The molecule has 0 aliphatic carbocycles. The van der Waals surface area contributed by atoms with Gasteiger partial charge in [-0.2, -0.15) is 0 Å². The van der Waals surface area contributed by atoms with Gasteiger partial charge in [-0.3, -0.25) is 4.79 Å². The van der Waals surface area contributed by atoms with Crippen molar-refractivity contribution in [2.24, 2.45) is 5.92 Å². The summed E-state index contributed by atoms with van der Waals surface area (Å²) in [5.74, 6) is -0.433. The molecular weight excluding hydrogens is 370 g/mol. The summed E-state index contributed by atoms with van der Waals surface area (Å²) in [4.78, 5) is 32.7. The molecule has 1 atom stereocenters. The summed E-state index contributed by atoms with van der Waals surface area (Å²) in [5, 5.41) is 11.8. The van der Waals surface area contributed by atoms with Crippen molar-refractivity contribution in [2.75, 3.05) is 0 Å². The van der Waals surface area contributed by atoms with Crippen molar-refractivity contribution in [1.29, 1.82) is 0 Å². The molecule has 1 aromatic heterocycles. The lowest BCUT2D eigenvalue weighted by atomic mass is 10.0. The molecule has 2 aromatic carbocycles. The average molecular weight is 393 g/mol. The van der Waals surface area contributed by atoms with Crippen molar-refractivity contribution in [3.63, 3.8) is 0 Å². The van der Waals surface area contributed by atoms with Crippen LogP contribution in [0.15, 0.2) is 48.5 Å². The molecule has 1 heterocycles. The van der Waals surface area contributed by atoms with Gasteiger partial charge in [0.05, 0.1) is 11.0 Å². The Kier molecular flexibility index (Phi) is 6.07. The monoisotopic (exact) mass is 393 g/mol. The topological polar surface area (TPSA) is 101 Å². The van der Waals surface area contributed by atoms with E-state index in [4.69, 9.17) is 4.74 Å². The zero-order valence-corrected chi connectivity index (χ0v) is 16.5. The molecule has 0 saturated heterocycles. The molecule has 0 unspecified atom stereocenters. The zero-order valence-electron chi connectivity index (χ0n) is 16.5. The normalized spacial score (nSPS) is 12.0. The Morgan fingerprint density at radius 3 is 2.24 bits per heavy atom. The summed E-state index contributed by atoms with van der Waals surface area (Å²) in [7, 11) is 0. The number of carboxylic acids is 1. The van der Waals surface area contributed by atoms with Crippen LogP contribution in [0, 0.1) is 12.8 Å². The Hall–Kier alpha value is -3.48. The van der Waals surface area contributed by atoms with Crippen LogP contribution >= 0.6 is 0 Å². The smallest absolute Gasteiger partial charge is 0.326 e. The van der Waals surface area contributed by atoms with E-state index in [9.17, 15) is 14.7 Å². The molecule has 0 fully saturated rings. The molecule has 0 aliphatic rings. The Morgan fingerprint density at radius 2 is 1.66 bits per heavy atom. The summed E-state index contributed by atoms with van der Waals surface area (Å²) in [6.45, 7) is 5.63. The number of aryl methyl sites for hydroxylation is 1. The third-order valence-corrected chi connectivity index (χ3v) is 4.34. The first kappa shape index (κ1) is 20.3. The van der Waals surface area contributed by atoms with Gasteiger partial charge < -0.3 is 15.2 Å². The Morgan fingerprint density at radius 1 is 1.03 bits per heavy atom. The number of hydrogen-bond donors (Lipinski definition) is 2. The number of carboxylic acid groups (broad SMARTS) is 1. The van der Waals surface area contributed by atoms with Gasteiger partial charge in [0.25, 0.3) is 5.91 Å². The number of amides is 1. The number of benzene rings is 2.